The van der Waals surface area contributed by atoms with E-state index in [4.69, 9.17) is 9.26 Å². The Hall–Kier alpha value is -2.09. The Bertz CT molecular complexity index is 722. The molecule has 1 aromatic rings. The zero-order chi connectivity index (χ0) is 17.2. The number of rotatable bonds is 3. The van der Waals surface area contributed by atoms with Crippen LogP contribution >= 0.6 is 0 Å². The third kappa shape index (κ3) is 2.42. The van der Waals surface area contributed by atoms with Crippen LogP contribution in [0.15, 0.2) is 10.6 Å². The van der Waals surface area contributed by atoms with Gasteiger partial charge < -0.3 is 14.2 Å². The zero-order valence-electron chi connectivity index (χ0n) is 14.3. The molecule has 3 aliphatic heterocycles. The molecule has 8 nitrogen and oxygen atoms in total. The summed E-state index contributed by atoms with van der Waals surface area (Å²) in [7, 11) is 0. The molecule has 8 heteroatoms. The number of hydrogen-bond donors (Lipinski definition) is 0. The summed E-state index contributed by atoms with van der Waals surface area (Å²) in [6.45, 7) is 5.84. The number of carbonyl (C=O) groups is 2. The van der Waals surface area contributed by atoms with E-state index in [0.29, 0.717) is 26.2 Å². The van der Waals surface area contributed by atoms with Crippen LogP contribution in [0.1, 0.15) is 24.3 Å². The maximum Gasteiger partial charge on any atom is 0.411 e. The summed E-state index contributed by atoms with van der Waals surface area (Å²) in [5.41, 5.74) is 0.379. The lowest BCUT2D eigenvalue weighted by Crippen LogP contribution is -2.72. The average Bonchev–Trinajstić information content (AvgIpc) is 3.27. The summed E-state index contributed by atoms with van der Waals surface area (Å²) < 4.78 is 10.9. The highest BCUT2D eigenvalue weighted by Gasteiger charge is 2.63. The van der Waals surface area contributed by atoms with Gasteiger partial charge in [-0.2, -0.15) is 0 Å². The van der Waals surface area contributed by atoms with Gasteiger partial charge in [-0.1, -0.05) is 5.16 Å². The van der Waals surface area contributed by atoms with Crippen LogP contribution in [0.5, 0.6) is 0 Å². The summed E-state index contributed by atoms with van der Waals surface area (Å²) in [5, 5.41) is 4.06. The molecule has 1 aromatic heterocycles. The van der Waals surface area contributed by atoms with Crippen LogP contribution in [-0.2, 0) is 16.1 Å². The number of likely N-dealkylation sites (tertiary alicyclic amines) is 1. The molecule has 1 saturated carbocycles. The third-order valence-corrected chi connectivity index (χ3v) is 5.81. The molecule has 4 aliphatic rings. The molecule has 2 amide bonds. The van der Waals surface area contributed by atoms with Gasteiger partial charge in [0.25, 0.3) is 0 Å². The van der Waals surface area contributed by atoms with Gasteiger partial charge in [-0.05, 0) is 19.8 Å². The van der Waals surface area contributed by atoms with Gasteiger partial charge in [-0.3, -0.25) is 14.6 Å². The quantitative estimate of drug-likeness (QED) is 0.798. The molecular formula is C17H22N4O4. The van der Waals surface area contributed by atoms with Crippen molar-refractivity contribution < 1.29 is 18.8 Å². The predicted molar refractivity (Wildman–Crippen MR) is 85.5 cm³/mol. The van der Waals surface area contributed by atoms with E-state index in [1.807, 2.05) is 22.8 Å². The van der Waals surface area contributed by atoms with Crippen molar-refractivity contribution in [2.24, 2.45) is 5.92 Å². The van der Waals surface area contributed by atoms with E-state index in [1.165, 1.54) is 0 Å². The van der Waals surface area contributed by atoms with E-state index >= 15 is 0 Å². The number of aryl methyl sites for hydroxylation is 1. The van der Waals surface area contributed by atoms with Crippen LogP contribution in [0, 0.1) is 12.8 Å². The predicted octanol–water partition coefficient (Wildman–Crippen LogP) is 0.610. The standard InChI is InChI=1S/C17H22N4O4/c1-11-6-13(18-25-11)7-19-4-5-21-14(8-19)17(24-16(21)23)9-20(10-17)15(22)12-2-3-12/h6,12,14H,2-5,7-10H2,1H3. The first kappa shape index (κ1) is 15.2. The first-order valence-electron chi connectivity index (χ1n) is 8.97. The molecule has 1 atom stereocenters. The summed E-state index contributed by atoms with van der Waals surface area (Å²) in [6, 6.07) is 1.95. The van der Waals surface area contributed by atoms with E-state index in [-0.39, 0.29) is 24.0 Å². The number of hydrogen-bond acceptors (Lipinski definition) is 6. The number of ether oxygens (including phenoxy) is 1. The Balaban J connectivity index is 1.28. The second kappa shape index (κ2) is 5.20. The Morgan fingerprint density at radius 1 is 1.36 bits per heavy atom. The van der Waals surface area contributed by atoms with Crippen LogP contribution in [0.3, 0.4) is 0 Å². The van der Waals surface area contributed by atoms with Gasteiger partial charge in [0, 0.05) is 38.2 Å². The van der Waals surface area contributed by atoms with E-state index in [2.05, 4.69) is 10.1 Å². The van der Waals surface area contributed by atoms with Crippen LogP contribution in [-0.4, -0.2) is 76.2 Å². The van der Waals surface area contributed by atoms with Crippen LogP contribution in [0.2, 0.25) is 0 Å². The van der Waals surface area contributed by atoms with Crippen LogP contribution in [0.4, 0.5) is 4.79 Å². The highest BCUT2D eigenvalue weighted by molar-refractivity contribution is 5.83. The summed E-state index contributed by atoms with van der Waals surface area (Å²) in [5.74, 6) is 1.24. The second-order valence-corrected chi connectivity index (χ2v) is 7.77. The molecule has 25 heavy (non-hydrogen) atoms. The minimum Gasteiger partial charge on any atom is -0.437 e. The molecule has 5 rings (SSSR count). The van der Waals surface area contributed by atoms with Gasteiger partial charge in [0.2, 0.25) is 5.91 Å². The topological polar surface area (TPSA) is 79.1 Å². The molecular weight excluding hydrogens is 324 g/mol. The molecule has 1 aliphatic carbocycles. The molecule has 3 saturated heterocycles. The molecule has 4 fully saturated rings. The fourth-order valence-corrected chi connectivity index (χ4v) is 4.29. The molecule has 0 radical (unpaired) electrons. The molecule has 0 N–H and O–H groups in total. The fraction of sp³-hybridized carbons (Fsp3) is 0.706. The van der Waals surface area contributed by atoms with E-state index in [0.717, 1.165) is 37.4 Å². The Morgan fingerprint density at radius 2 is 2.16 bits per heavy atom. The van der Waals surface area contributed by atoms with E-state index < -0.39 is 5.60 Å². The van der Waals surface area contributed by atoms with Crippen molar-refractivity contribution in [2.45, 2.75) is 38.0 Å². The number of piperazine rings is 1. The van der Waals surface area contributed by atoms with Gasteiger partial charge in [0.05, 0.1) is 24.8 Å². The molecule has 1 unspecified atom stereocenters. The first-order valence-corrected chi connectivity index (χ1v) is 8.97. The first-order chi connectivity index (χ1) is 12.0. The molecule has 134 valence electrons. The van der Waals surface area contributed by atoms with Crippen LogP contribution in [0.25, 0.3) is 0 Å². The van der Waals surface area contributed by atoms with Crippen LogP contribution < -0.4 is 0 Å². The maximum absolute atomic E-state index is 12.3. The molecule has 0 bridgehead atoms. The van der Waals surface area contributed by atoms with E-state index in [1.54, 1.807) is 0 Å². The average molecular weight is 346 g/mol. The van der Waals surface area contributed by atoms with Crippen molar-refractivity contribution in [3.05, 3.63) is 17.5 Å². The van der Waals surface area contributed by atoms with Crippen molar-refractivity contribution in [3.63, 3.8) is 0 Å². The highest BCUT2D eigenvalue weighted by Crippen LogP contribution is 2.42. The van der Waals surface area contributed by atoms with Crippen molar-refractivity contribution in [3.8, 4) is 0 Å². The number of nitrogens with zero attached hydrogens (tertiary/aromatic N) is 4. The lowest BCUT2D eigenvalue weighted by atomic mass is 9.84. The van der Waals surface area contributed by atoms with Gasteiger partial charge in [-0.25, -0.2) is 4.79 Å². The van der Waals surface area contributed by atoms with Gasteiger partial charge in [-0.15, -0.1) is 0 Å². The van der Waals surface area contributed by atoms with Crippen molar-refractivity contribution in [1.29, 1.82) is 0 Å². The van der Waals surface area contributed by atoms with E-state index in [9.17, 15) is 9.59 Å². The van der Waals surface area contributed by atoms with Crippen molar-refractivity contribution in [1.82, 2.24) is 19.9 Å². The largest absolute Gasteiger partial charge is 0.437 e. The molecule has 4 heterocycles. The van der Waals surface area contributed by atoms with Gasteiger partial charge in [0.15, 0.2) is 5.60 Å². The number of aromatic nitrogens is 1. The smallest absolute Gasteiger partial charge is 0.411 e. The molecule has 0 aromatic carbocycles. The third-order valence-electron chi connectivity index (χ3n) is 5.81. The Labute approximate surface area is 145 Å². The Morgan fingerprint density at radius 3 is 2.84 bits per heavy atom. The summed E-state index contributed by atoms with van der Waals surface area (Å²) >= 11 is 0. The number of amides is 2. The van der Waals surface area contributed by atoms with Gasteiger partial charge in [0.1, 0.15) is 5.76 Å². The lowest BCUT2D eigenvalue weighted by Gasteiger charge is -2.51. The summed E-state index contributed by atoms with van der Waals surface area (Å²) in [6.07, 6.45) is 1.77. The highest BCUT2D eigenvalue weighted by atomic mass is 16.6. The minimum atomic E-state index is -0.528. The number of carbonyl (C=O) groups excluding carboxylic acids is 2. The Kier molecular flexibility index (Phi) is 3.16. The monoisotopic (exact) mass is 346 g/mol. The lowest BCUT2D eigenvalue weighted by molar-refractivity contribution is -0.157. The summed E-state index contributed by atoms with van der Waals surface area (Å²) in [4.78, 5) is 30.5. The van der Waals surface area contributed by atoms with Crippen molar-refractivity contribution >= 4 is 12.0 Å². The zero-order valence-corrected chi connectivity index (χ0v) is 14.3. The maximum atomic E-state index is 12.3. The SMILES string of the molecule is Cc1cc(CN2CCN3C(=O)OC4(CN(C(=O)C5CC5)C4)C3C2)no1. The minimum absolute atomic E-state index is 0.00463. The normalized spacial score (nSPS) is 28.0. The molecule has 1 spiro atoms. The fourth-order valence-electron chi connectivity index (χ4n) is 4.29. The van der Waals surface area contributed by atoms with Crippen molar-refractivity contribution in [2.75, 3.05) is 32.7 Å². The second-order valence-electron chi connectivity index (χ2n) is 7.77. The van der Waals surface area contributed by atoms with Gasteiger partial charge >= 0.3 is 6.09 Å². The number of fused-ring (bicyclic) bond motifs is 2.